The van der Waals surface area contributed by atoms with Gasteiger partial charge in [-0.05, 0) is 60.7 Å². The molecular formula is C47H35N13. The highest BCUT2D eigenvalue weighted by Gasteiger charge is 1.92. The van der Waals surface area contributed by atoms with Crippen LogP contribution in [0.4, 0.5) is 0 Å². The molecule has 0 spiro atoms. The third-order valence-corrected chi connectivity index (χ3v) is 8.35. The number of fused-ring (bicyclic) bond motifs is 6. The van der Waals surface area contributed by atoms with Gasteiger partial charge in [0.05, 0.1) is 45.5 Å². The molecule has 0 N–H and O–H groups in total. The molecule has 2 aromatic carbocycles. The average Bonchev–Trinajstić information content (AvgIpc) is 3.35. The summed E-state index contributed by atoms with van der Waals surface area (Å²) in [4.78, 5) is 52.0. The molecule has 288 valence electrons. The smallest absolute Gasteiger partial charge is 0.116 e. The Morgan fingerprint density at radius 1 is 0.200 bits per heavy atom. The molecule has 13 nitrogen and oxygen atoms in total. The third kappa shape index (κ3) is 11.7. The first-order valence-electron chi connectivity index (χ1n) is 18.5. The Bertz CT molecular complexity index is 2220. The van der Waals surface area contributed by atoms with Gasteiger partial charge in [0.2, 0.25) is 0 Å². The Kier molecular flexibility index (Phi) is 14.2. The molecule has 0 radical (unpaired) electrons. The van der Waals surface area contributed by atoms with Crippen molar-refractivity contribution in [2.45, 2.75) is 0 Å². The summed E-state index contributed by atoms with van der Waals surface area (Å²) in [5.74, 6) is 0. The lowest BCUT2D eigenvalue weighted by molar-refractivity contribution is 1.20. The lowest BCUT2D eigenvalue weighted by Gasteiger charge is -1.91. The molecule has 0 atom stereocenters. The fourth-order valence-electron chi connectivity index (χ4n) is 5.42. The predicted octanol–water partition coefficient (Wildman–Crippen LogP) is 9.17. The van der Waals surface area contributed by atoms with Gasteiger partial charge in [-0.3, -0.25) is 34.9 Å². The van der Waals surface area contributed by atoms with E-state index in [1.807, 2.05) is 116 Å². The van der Waals surface area contributed by atoms with Crippen LogP contribution in [0.15, 0.2) is 215 Å². The van der Waals surface area contributed by atoms with Crippen LogP contribution in [0.2, 0.25) is 0 Å². The molecule has 60 heavy (non-hydrogen) atoms. The Labute approximate surface area is 344 Å². The van der Waals surface area contributed by atoms with Crippen molar-refractivity contribution in [3.05, 3.63) is 215 Å². The summed E-state index contributed by atoms with van der Waals surface area (Å²) in [6.45, 7) is 0. The molecule has 0 aliphatic rings. The fourth-order valence-corrected chi connectivity index (χ4v) is 5.42. The number of pyridine rings is 7. The summed E-state index contributed by atoms with van der Waals surface area (Å²) >= 11 is 0. The molecule has 12 aromatic rings. The van der Waals surface area contributed by atoms with Gasteiger partial charge in [-0.15, -0.1) is 0 Å². The van der Waals surface area contributed by atoms with Crippen LogP contribution in [0.3, 0.4) is 0 Å². The Balaban J connectivity index is 0.000000109. The third-order valence-electron chi connectivity index (χ3n) is 8.35. The second kappa shape index (κ2) is 21.6. The van der Waals surface area contributed by atoms with Crippen LogP contribution >= 0.6 is 0 Å². The van der Waals surface area contributed by atoms with E-state index in [9.17, 15) is 0 Å². The molecule has 10 heterocycles. The zero-order valence-corrected chi connectivity index (χ0v) is 32.0. The van der Waals surface area contributed by atoms with Crippen LogP contribution in [-0.2, 0) is 0 Å². The van der Waals surface area contributed by atoms with Gasteiger partial charge in [0.1, 0.15) is 19.0 Å². The Morgan fingerprint density at radius 2 is 0.533 bits per heavy atom. The quantitative estimate of drug-likeness (QED) is 0.143. The second-order valence-corrected chi connectivity index (χ2v) is 12.3. The normalized spacial score (nSPS) is 10.0. The Hall–Kier alpha value is -8.71. The standard InChI is InChI=1S/C9H7N.3C8H6N2.2C7H5N3/c1-2-6-9-8(4-1)5-3-7-10-9;1-2-7-6-9-5-3-8(7)10-4-1;1-2-7-3-5-9-6-8(7)10-4-1;1-2-4-8-7(3-1)5-9-6-10-8;1-2-8-3-6-4-9-5-10-7(1)6;1-2-8-4-7-6(1)3-9-5-10-7/h1-7H;3*1-6H;2*1-5H. The molecule has 0 saturated heterocycles. The van der Waals surface area contributed by atoms with Gasteiger partial charge in [0.25, 0.3) is 0 Å². The minimum atomic E-state index is 0.887. The maximum atomic E-state index is 4.18. The van der Waals surface area contributed by atoms with E-state index >= 15 is 0 Å². The van der Waals surface area contributed by atoms with E-state index in [2.05, 4.69) is 76.9 Å². The first kappa shape index (κ1) is 39.5. The summed E-state index contributed by atoms with van der Waals surface area (Å²) in [6, 6.07) is 35.4. The molecule has 12 rings (SSSR count). The van der Waals surface area contributed by atoms with E-state index in [1.54, 1.807) is 74.5 Å². The fraction of sp³-hybridized carbons (Fsp3) is 0. The Morgan fingerprint density at radius 3 is 1.08 bits per heavy atom. The zero-order valence-electron chi connectivity index (χ0n) is 32.0. The number of benzene rings is 2. The molecule has 0 aliphatic heterocycles. The average molecular weight is 782 g/mol. The van der Waals surface area contributed by atoms with Crippen molar-refractivity contribution in [2.24, 2.45) is 0 Å². The topological polar surface area (TPSA) is 168 Å². The minimum absolute atomic E-state index is 0.887. The highest BCUT2D eigenvalue weighted by atomic mass is 14.8. The number of para-hydroxylation sites is 2. The van der Waals surface area contributed by atoms with E-state index in [1.165, 1.54) is 18.0 Å². The van der Waals surface area contributed by atoms with Crippen LogP contribution in [0.1, 0.15) is 0 Å². The molecule has 13 heteroatoms. The number of nitrogens with zero attached hydrogens (tertiary/aromatic N) is 13. The van der Waals surface area contributed by atoms with E-state index < -0.39 is 0 Å². The predicted molar refractivity (Wildman–Crippen MR) is 235 cm³/mol. The van der Waals surface area contributed by atoms with Crippen LogP contribution in [0, 0.1) is 0 Å². The molecule has 0 fully saturated rings. The van der Waals surface area contributed by atoms with Crippen LogP contribution < -0.4 is 0 Å². The number of aromatic nitrogens is 13. The van der Waals surface area contributed by atoms with Crippen molar-refractivity contribution in [1.82, 2.24) is 64.8 Å². The van der Waals surface area contributed by atoms with Crippen LogP contribution in [0.25, 0.3) is 65.4 Å². The van der Waals surface area contributed by atoms with Gasteiger partial charge >= 0.3 is 0 Å². The lowest BCUT2D eigenvalue weighted by Crippen LogP contribution is -1.80. The molecule has 0 aliphatic carbocycles. The van der Waals surface area contributed by atoms with E-state index in [-0.39, 0.29) is 0 Å². The SMILES string of the molecule is c1cc2cncnc2cn1.c1cc2ncncc2cn1.c1ccc2ncccc2c1.c1ccc2ncncc2c1.c1cnc2ccncc2c1.c1cnc2cnccc2c1. The molecule has 0 bridgehead atoms. The van der Waals surface area contributed by atoms with Gasteiger partial charge in [-0.2, -0.15) is 0 Å². The van der Waals surface area contributed by atoms with Crippen molar-refractivity contribution in [3.63, 3.8) is 0 Å². The highest BCUT2D eigenvalue weighted by molar-refractivity contribution is 5.79. The van der Waals surface area contributed by atoms with E-state index in [0.29, 0.717) is 0 Å². The van der Waals surface area contributed by atoms with Crippen molar-refractivity contribution in [3.8, 4) is 0 Å². The zero-order chi connectivity index (χ0) is 40.9. The van der Waals surface area contributed by atoms with E-state index in [4.69, 9.17) is 0 Å². The van der Waals surface area contributed by atoms with Crippen molar-refractivity contribution in [2.75, 3.05) is 0 Å². The second-order valence-electron chi connectivity index (χ2n) is 12.3. The van der Waals surface area contributed by atoms with Gasteiger partial charge in [0, 0.05) is 107 Å². The summed E-state index contributed by atoms with van der Waals surface area (Å²) in [5, 5.41) is 6.51. The number of hydrogen-bond donors (Lipinski definition) is 0. The maximum Gasteiger partial charge on any atom is 0.116 e. The van der Waals surface area contributed by atoms with Gasteiger partial charge < -0.3 is 0 Å². The van der Waals surface area contributed by atoms with Crippen molar-refractivity contribution in [1.29, 1.82) is 0 Å². The summed E-state index contributed by atoms with van der Waals surface area (Å²) in [7, 11) is 0. The highest BCUT2D eigenvalue weighted by Crippen LogP contribution is 2.10. The van der Waals surface area contributed by atoms with Crippen molar-refractivity contribution >= 4 is 65.4 Å². The minimum Gasteiger partial charge on any atom is -0.264 e. The van der Waals surface area contributed by atoms with Gasteiger partial charge in [0.15, 0.2) is 0 Å². The molecule has 0 unspecified atom stereocenters. The first-order chi connectivity index (χ1) is 29.8. The number of hydrogen-bond acceptors (Lipinski definition) is 13. The van der Waals surface area contributed by atoms with Crippen LogP contribution in [-0.4, -0.2) is 64.8 Å². The first-order valence-corrected chi connectivity index (χ1v) is 18.5. The molecular weight excluding hydrogens is 747 g/mol. The van der Waals surface area contributed by atoms with E-state index in [0.717, 1.165) is 60.0 Å². The van der Waals surface area contributed by atoms with Crippen LogP contribution in [0.5, 0.6) is 0 Å². The maximum absolute atomic E-state index is 4.18. The van der Waals surface area contributed by atoms with Gasteiger partial charge in [-0.25, -0.2) is 29.9 Å². The largest absolute Gasteiger partial charge is 0.264 e. The lowest BCUT2D eigenvalue weighted by atomic mass is 10.2. The molecule has 10 aromatic heterocycles. The summed E-state index contributed by atoms with van der Waals surface area (Å²) < 4.78 is 0. The molecule has 0 amide bonds. The monoisotopic (exact) mass is 781 g/mol. The number of rotatable bonds is 0. The van der Waals surface area contributed by atoms with Gasteiger partial charge in [-0.1, -0.05) is 48.5 Å². The van der Waals surface area contributed by atoms with Crippen molar-refractivity contribution < 1.29 is 0 Å². The summed E-state index contributed by atoms with van der Waals surface area (Å²) in [5.41, 5.74) is 5.83. The summed E-state index contributed by atoms with van der Waals surface area (Å²) in [6.07, 6.45) is 29.3. The molecule has 0 saturated carbocycles.